The Bertz CT molecular complexity index is 1500. The van der Waals surface area contributed by atoms with Crippen molar-refractivity contribution in [2.75, 3.05) is 6.61 Å². The van der Waals surface area contributed by atoms with Gasteiger partial charge in [-0.1, -0.05) is 35.5 Å². The van der Waals surface area contributed by atoms with Crippen molar-refractivity contribution in [3.8, 4) is 33.3 Å². The van der Waals surface area contributed by atoms with Gasteiger partial charge in [0.05, 0.1) is 11.5 Å². The fourth-order valence-electron chi connectivity index (χ4n) is 3.80. The van der Waals surface area contributed by atoms with Gasteiger partial charge < -0.3 is 13.8 Å². The van der Waals surface area contributed by atoms with Crippen LogP contribution in [0.5, 0.6) is 0 Å². The molecule has 0 amide bonds. The molecule has 35 heavy (non-hydrogen) atoms. The van der Waals surface area contributed by atoms with Crippen LogP contribution < -0.4 is 0 Å². The fourth-order valence-corrected chi connectivity index (χ4v) is 4.77. The summed E-state index contributed by atoms with van der Waals surface area (Å²) in [6.07, 6.45) is -2.73. The summed E-state index contributed by atoms with van der Waals surface area (Å²) in [6.45, 7) is 2.15. The summed E-state index contributed by atoms with van der Waals surface area (Å²) in [5, 5.41) is 4.83. The van der Waals surface area contributed by atoms with Gasteiger partial charge >= 0.3 is 12.1 Å². The van der Waals surface area contributed by atoms with Crippen molar-refractivity contribution in [3.63, 3.8) is 0 Å². The predicted molar refractivity (Wildman–Crippen MR) is 126 cm³/mol. The van der Waals surface area contributed by atoms with E-state index in [1.54, 1.807) is 54.1 Å². The minimum Gasteiger partial charge on any atom is -0.465 e. The van der Waals surface area contributed by atoms with E-state index in [2.05, 4.69) is 10.1 Å². The quantitative estimate of drug-likeness (QED) is 0.245. The average molecular weight is 497 g/mol. The number of rotatable bonds is 6. The van der Waals surface area contributed by atoms with E-state index in [4.69, 9.17) is 9.26 Å². The van der Waals surface area contributed by atoms with Crippen LogP contribution in [0, 0.1) is 0 Å². The van der Waals surface area contributed by atoms with Crippen molar-refractivity contribution in [1.82, 2.24) is 14.7 Å². The number of carbonyl (C=O) groups is 1. The molecule has 0 saturated carbocycles. The number of thiophene rings is 1. The summed E-state index contributed by atoms with van der Waals surface area (Å²) in [6, 6.07) is 17.1. The summed E-state index contributed by atoms with van der Waals surface area (Å²) in [7, 11) is 0. The van der Waals surface area contributed by atoms with Gasteiger partial charge in [0.1, 0.15) is 11.4 Å². The van der Waals surface area contributed by atoms with Crippen LogP contribution in [0.3, 0.4) is 0 Å². The van der Waals surface area contributed by atoms with Crippen LogP contribution >= 0.6 is 11.3 Å². The first kappa shape index (κ1) is 22.9. The maximum absolute atomic E-state index is 13.7. The number of benzene rings is 2. The molecule has 0 aliphatic rings. The van der Waals surface area contributed by atoms with Crippen molar-refractivity contribution in [2.45, 2.75) is 19.6 Å². The third kappa shape index (κ3) is 4.57. The second-order valence-corrected chi connectivity index (χ2v) is 8.71. The molecule has 0 aliphatic carbocycles. The third-order valence-electron chi connectivity index (χ3n) is 5.35. The summed E-state index contributed by atoms with van der Waals surface area (Å²) in [5.41, 5.74) is 1.99. The van der Waals surface area contributed by atoms with Gasteiger partial charge in [-0.15, -0.1) is 11.3 Å². The number of hydrogen-bond donors (Lipinski definition) is 0. The standard InChI is InChI=1S/C25H18F3N3O3S/c1-2-33-21(32)14-31-11-10-16-12-17(8-9-19(16)31)23-29-24(34-30-23)20-13-18(15-6-4-3-5-7-15)22(35-20)25(26,27)28/h3-13H,2,14H2,1H3. The van der Waals surface area contributed by atoms with Gasteiger partial charge in [-0.05, 0) is 42.8 Å². The average Bonchev–Trinajstić information content (AvgIpc) is 3.57. The molecule has 0 atom stereocenters. The number of aromatic nitrogens is 3. The molecule has 0 unspecified atom stereocenters. The van der Waals surface area contributed by atoms with E-state index in [9.17, 15) is 18.0 Å². The van der Waals surface area contributed by atoms with Crippen LogP contribution in [0.1, 0.15) is 11.8 Å². The molecular weight excluding hydrogens is 479 g/mol. The maximum Gasteiger partial charge on any atom is 0.426 e. The molecule has 0 N–H and O–H groups in total. The molecule has 5 rings (SSSR count). The highest BCUT2D eigenvalue weighted by Crippen LogP contribution is 2.45. The Morgan fingerprint density at radius 1 is 1.09 bits per heavy atom. The van der Waals surface area contributed by atoms with Gasteiger partial charge in [0.25, 0.3) is 5.89 Å². The summed E-state index contributed by atoms with van der Waals surface area (Å²) >= 11 is 0.570. The van der Waals surface area contributed by atoms with E-state index in [0.717, 1.165) is 10.9 Å². The lowest BCUT2D eigenvalue weighted by Crippen LogP contribution is -2.12. The molecular formula is C25H18F3N3O3S. The normalized spacial score (nSPS) is 11.8. The number of hydrogen-bond acceptors (Lipinski definition) is 6. The van der Waals surface area contributed by atoms with E-state index < -0.39 is 11.1 Å². The first-order valence-electron chi connectivity index (χ1n) is 10.7. The first-order valence-corrected chi connectivity index (χ1v) is 11.5. The molecule has 3 aromatic heterocycles. The molecule has 5 aromatic rings. The molecule has 0 radical (unpaired) electrons. The Balaban J connectivity index is 1.46. The molecule has 178 valence electrons. The van der Waals surface area contributed by atoms with Gasteiger partial charge in [-0.2, -0.15) is 18.2 Å². The topological polar surface area (TPSA) is 70.2 Å². The number of alkyl halides is 3. The van der Waals surface area contributed by atoms with Crippen LogP contribution in [0.2, 0.25) is 0 Å². The summed E-state index contributed by atoms with van der Waals surface area (Å²) < 4.78 is 53.3. The molecule has 0 saturated heterocycles. The van der Waals surface area contributed by atoms with E-state index in [1.165, 1.54) is 6.07 Å². The summed E-state index contributed by atoms with van der Waals surface area (Å²) in [5.74, 6) is -0.0677. The van der Waals surface area contributed by atoms with Gasteiger partial charge in [0, 0.05) is 28.2 Å². The molecule has 3 heterocycles. The Morgan fingerprint density at radius 3 is 2.63 bits per heavy atom. The Labute approximate surface area is 201 Å². The zero-order valence-corrected chi connectivity index (χ0v) is 19.2. The second-order valence-electron chi connectivity index (χ2n) is 7.66. The number of halogens is 3. The SMILES string of the molecule is CCOC(=O)Cn1ccc2cc(-c3noc(-c4cc(-c5ccccc5)c(C(F)(F)F)s4)n3)ccc21. The minimum atomic E-state index is -4.52. The lowest BCUT2D eigenvalue weighted by molar-refractivity contribution is -0.143. The van der Waals surface area contributed by atoms with E-state index in [-0.39, 0.29) is 34.7 Å². The Morgan fingerprint density at radius 2 is 1.89 bits per heavy atom. The lowest BCUT2D eigenvalue weighted by Gasteiger charge is -2.07. The van der Waals surface area contributed by atoms with Crippen LogP contribution in [0.15, 0.2) is 71.4 Å². The zero-order valence-electron chi connectivity index (χ0n) is 18.4. The summed E-state index contributed by atoms with van der Waals surface area (Å²) in [4.78, 5) is 15.7. The van der Waals surface area contributed by atoms with Crippen LogP contribution in [0.25, 0.3) is 44.2 Å². The highest BCUT2D eigenvalue weighted by molar-refractivity contribution is 7.16. The van der Waals surface area contributed by atoms with Crippen LogP contribution in [-0.2, 0) is 22.3 Å². The molecule has 0 fully saturated rings. The van der Waals surface area contributed by atoms with E-state index in [1.807, 2.05) is 18.2 Å². The Hall–Kier alpha value is -3.92. The predicted octanol–water partition coefficient (Wildman–Crippen LogP) is 6.67. The largest absolute Gasteiger partial charge is 0.465 e. The molecule has 0 spiro atoms. The van der Waals surface area contributed by atoms with Crippen molar-refractivity contribution < 1.29 is 27.2 Å². The highest BCUT2D eigenvalue weighted by Gasteiger charge is 2.37. The van der Waals surface area contributed by atoms with Crippen molar-refractivity contribution >= 4 is 28.2 Å². The van der Waals surface area contributed by atoms with Crippen LogP contribution in [0.4, 0.5) is 13.2 Å². The zero-order chi connectivity index (χ0) is 24.6. The van der Waals surface area contributed by atoms with Crippen LogP contribution in [-0.4, -0.2) is 27.3 Å². The van der Waals surface area contributed by atoms with Gasteiger partial charge in [-0.25, -0.2) is 0 Å². The molecule has 2 aromatic carbocycles. The second kappa shape index (κ2) is 9.03. The number of ether oxygens (including phenoxy) is 1. The van der Waals surface area contributed by atoms with E-state index >= 15 is 0 Å². The lowest BCUT2D eigenvalue weighted by atomic mass is 10.1. The van der Waals surface area contributed by atoms with Gasteiger partial charge in [0.2, 0.25) is 5.82 Å². The number of fused-ring (bicyclic) bond motifs is 1. The smallest absolute Gasteiger partial charge is 0.426 e. The Kier molecular flexibility index (Phi) is 5.89. The number of carbonyl (C=O) groups excluding carboxylic acids is 1. The molecule has 0 bridgehead atoms. The molecule has 0 aliphatic heterocycles. The maximum atomic E-state index is 13.7. The van der Waals surface area contributed by atoms with Gasteiger partial charge in [0.15, 0.2) is 0 Å². The number of nitrogens with zero attached hydrogens (tertiary/aromatic N) is 3. The minimum absolute atomic E-state index is 0.0117. The van der Waals surface area contributed by atoms with Crippen molar-refractivity contribution in [3.05, 3.63) is 71.7 Å². The number of esters is 1. The van der Waals surface area contributed by atoms with Crippen molar-refractivity contribution in [2.24, 2.45) is 0 Å². The van der Waals surface area contributed by atoms with E-state index in [0.29, 0.717) is 29.1 Å². The third-order valence-corrected chi connectivity index (χ3v) is 6.51. The molecule has 10 heteroatoms. The van der Waals surface area contributed by atoms with Crippen molar-refractivity contribution in [1.29, 1.82) is 0 Å². The highest BCUT2D eigenvalue weighted by atomic mass is 32.1. The van der Waals surface area contributed by atoms with Gasteiger partial charge in [-0.3, -0.25) is 4.79 Å². The fraction of sp³-hybridized carbons (Fsp3) is 0.160. The monoisotopic (exact) mass is 497 g/mol. The molecule has 6 nitrogen and oxygen atoms in total. The first-order chi connectivity index (χ1) is 16.8.